The van der Waals surface area contributed by atoms with Gasteiger partial charge in [0.05, 0.1) is 13.2 Å². The standard InChI is InChI=1S/C24H41O3PS2/c1-17-11-20(23(6,7)8)12-19(13-22(3,4)5)21(17)25-14-18(2)30-28(29)26-15-24(9,10)16-27-28/h11-12,18H,13-16H2,1-10H3. The molecule has 0 saturated carbocycles. The molecule has 172 valence electrons. The maximum absolute atomic E-state index is 6.41. The normalized spacial score (nSPS) is 20.1. The van der Waals surface area contributed by atoms with Crippen LogP contribution in [0.15, 0.2) is 12.1 Å². The first-order chi connectivity index (χ1) is 13.5. The van der Waals surface area contributed by atoms with Crippen molar-refractivity contribution in [3.8, 4) is 5.75 Å². The molecule has 1 aromatic rings. The van der Waals surface area contributed by atoms with E-state index in [1.54, 1.807) is 11.4 Å². The number of rotatable bonds is 6. The van der Waals surface area contributed by atoms with Crippen molar-refractivity contribution in [2.45, 2.75) is 86.3 Å². The molecule has 1 atom stereocenters. The zero-order chi connectivity index (χ0) is 23.0. The molecule has 0 aromatic heterocycles. The molecule has 1 aliphatic heterocycles. The fourth-order valence-corrected chi connectivity index (χ4v) is 8.89. The zero-order valence-corrected chi connectivity index (χ0v) is 23.1. The zero-order valence-electron chi connectivity index (χ0n) is 20.5. The molecule has 1 unspecified atom stereocenters. The summed E-state index contributed by atoms with van der Waals surface area (Å²) in [6.45, 7) is 24.1. The van der Waals surface area contributed by atoms with Crippen molar-refractivity contribution < 1.29 is 13.8 Å². The van der Waals surface area contributed by atoms with E-state index in [0.29, 0.717) is 19.8 Å². The molecule has 1 aliphatic rings. The van der Waals surface area contributed by atoms with E-state index in [0.717, 1.165) is 12.2 Å². The van der Waals surface area contributed by atoms with Gasteiger partial charge in [-0.3, -0.25) is 0 Å². The van der Waals surface area contributed by atoms with Crippen LogP contribution >= 0.6 is 17.1 Å². The predicted molar refractivity (Wildman–Crippen MR) is 136 cm³/mol. The average Bonchev–Trinajstić information content (AvgIpc) is 2.55. The summed E-state index contributed by atoms with van der Waals surface area (Å²) < 4.78 is 18.4. The third-order valence-corrected chi connectivity index (χ3v) is 10.5. The Hall–Kier alpha value is -0.0600. The van der Waals surface area contributed by atoms with Gasteiger partial charge in [-0.15, -0.1) is 0 Å². The quantitative estimate of drug-likeness (QED) is 0.396. The third-order valence-electron chi connectivity index (χ3n) is 4.94. The lowest BCUT2D eigenvalue weighted by Gasteiger charge is -2.36. The molecule has 0 spiro atoms. The number of ether oxygens (including phenoxy) is 1. The Morgan fingerprint density at radius 2 is 1.70 bits per heavy atom. The van der Waals surface area contributed by atoms with Gasteiger partial charge < -0.3 is 13.8 Å². The van der Waals surface area contributed by atoms with Crippen LogP contribution in [0, 0.1) is 17.8 Å². The highest BCUT2D eigenvalue weighted by Crippen LogP contribution is 2.65. The molecule has 3 nitrogen and oxygen atoms in total. The van der Waals surface area contributed by atoms with Crippen molar-refractivity contribution in [3.63, 3.8) is 0 Å². The molecule has 0 radical (unpaired) electrons. The van der Waals surface area contributed by atoms with E-state index in [9.17, 15) is 0 Å². The van der Waals surface area contributed by atoms with Crippen molar-refractivity contribution in [2.24, 2.45) is 10.8 Å². The van der Waals surface area contributed by atoms with Gasteiger partial charge in [0.1, 0.15) is 12.4 Å². The van der Waals surface area contributed by atoms with E-state index in [2.05, 4.69) is 81.4 Å². The SMILES string of the molecule is Cc1cc(C(C)(C)C)cc(CC(C)(C)C)c1OCC(C)SP1(=S)OCC(C)(C)CO1. The Bertz CT molecular complexity index is 777. The second-order valence-corrected chi connectivity index (χ2v) is 18.3. The van der Waals surface area contributed by atoms with Crippen LogP contribution in [0.5, 0.6) is 5.75 Å². The summed E-state index contributed by atoms with van der Waals surface area (Å²) in [5.41, 5.74) is 1.90. The molecule has 1 saturated heterocycles. The molecule has 1 fully saturated rings. The minimum absolute atomic E-state index is 0.0381. The highest BCUT2D eigenvalue weighted by Gasteiger charge is 2.35. The summed E-state index contributed by atoms with van der Waals surface area (Å²) in [5, 5.41) is 0.196. The van der Waals surface area contributed by atoms with E-state index in [-0.39, 0.29) is 21.5 Å². The molecular weight excluding hydrogens is 431 g/mol. The second kappa shape index (κ2) is 9.43. The summed E-state index contributed by atoms with van der Waals surface area (Å²) in [6, 6.07) is 4.61. The molecule has 0 aliphatic carbocycles. The molecule has 0 amide bonds. The van der Waals surface area contributed by atoms with E-state index in [1.807, 2.05) is 0 Å². The Kier molecular flexibility index (Phi) is 8.24. The minimum atomic E-state index is -2.29. The summed E-state index contributed by atoms with van der Waals surface area (Å²) in [4.78, 5) is 0. The van der Waals surface area contributed by atoms with Crippen molar-refractivity contribution in [3.05, 3.63) is 28.8 Å². The largest absolute Gasteiger partial charge is 0.492 e. The van der Waals surface area contributed by atoms with E-state index < -0.39 is 5.69 Å². The fourth-order valence-electron chi connectivity index (χ4n) is 3.29. The Balaban J connectivity index is 2.14. The van der Waals surface area contributed by atoms with E-state index >= 15 is 0 Å². The number of hydrogen-bond donors (Lipinski definition) is 0. The van der Waals surface area contributed by atoms with E-state index in [4.69, 9.17) is 25.6 Å². The van der Waals surface area contributed by atoms with Crippen molar-refractivity contribution >= 4 is 28.9 Å². The third kappa shape index (κ3) is 7.81. The van der Waals surface area contributed by atoms with Crippen LogP contribution in [0.4, 0.5) is 0 Å². The fraction of sp³-hybridized carbons (Fsp3) is 0.750. The van der Waals surface area contributed by atoms with Crippen LogP contribution in [0.1, 0.15) is 79.0 Å². The van der Waals surface area contributed by atoms with Gasteiger partial charge in [-0.1, -0.05) is 78.9 Å². The topological polar surface area (TPSA) is 27.7 Å². The molecule has 1 aromatic carbocycles. The van der Waals surface area contributed by atoms with E-state index in [1.165, 1.54) is 16.7 Å². The Morgan fingerprint density at radius 3 is 2.20 bits per heavy atom. The van der Waals surface area contributed by atoms with Gasteiger partial charge in [-0.2, -0.15) is 0 Å². The summed E-state index contributed by atoms with van der Waals surface area (Å²) in [5.74, 6) is 1.02. The van der Waals surface area contributed by atoms with Gasteiger partial charge >= 0.3 is 0 Å². The van der Waals surface area contributed by atoms with Crippen molar-refractivity contribution in [1.29, 1.82) is 0 Å². The molecule has 6 heteroatoms. The molecule has 30 heavy (non-hydrogen) atoms. The highest BCUT2D eigenvalue weighted by atomic mass is 32.9. The van der Waals surface area contributed by atoms with Crippen molar-refractivity contribution in [2.75, 3.05) is 19.8 Å². The second-order valence-electron chi connectivity index (χ2n) is 11.7. The first kappa shape index (κ1) is 26.2. The van der Waals surface area contributed by atoms with Crippen LogP contribution in [-0.2, 0) is 32.7 Å². The van der Waals surface area contributed by atoms with Gasteiger partial charge in [0.2, 0.25) is 5.69 Å². The smallest absolute Gasteiger partial charge is 0.247 e. The maximum atomic E-state index is 6.41. The summed E-state index contributed by atoms with van der Waals surface area (Å²) in [6.07, 6.45) is 0.980. The number of aryl methyl sites for hydroxylation is 1. The van der Waals surface area contributed by atoms with Gasteiger partial charge in [-0.25, -0.2) is 0 Å². The van der Waals surface area contributed by atoms with Crippen LogP contribution in [0.25, 0.3) is 0 Å². The minimum Gasteiger partial charge on any atom is -0.492 e. The van der Waals surface area contributed by atoms with Gasteiger partial charge in [0.15, 0.2) is 0 Å². The van der Waals surface area contributed by atoms with Crippen molar-refractivity contribution in [1.82, 2.24) is 0 Å². The maximum Gasteiger partial charge on any atom is 0.247 e. The highest BCUT2D eigenvalue weighted by molar-refractivity contribution is 8.68. The molecular formula is C24H41O3PS2. The first-order valence-corrected chi connectivity index (χ1v) is 15.0. The van der Waals surface area contributed by atoms with Gasteiger partial charge in [-0.05, 0) is 59.6 Å². The lowest BCUT2D eigenvalue weighted by Crippen LogP contribution is -2.29. The summed E-state index contributed by atoms with van der Waals surface area (Å²) in [7, 11) is 0. The van der Waals surface area contributed by atoms with Crippen LogP contribution < -0.4 is 4.74 Å². The lowest BCUT2D eigenvalue weighted by molar-refractivity contribution is 0.0671. The first-order valence-electron chi connectivity index (χ1n) is 10.8. The lowest BCUT2D eigenvalue weighted by atomic mass is 9.81. The molecule has 0 N–H and O–H groups in total. The number of hydrogen-bond acceptors (Lipinski definition) is 5. The molecule has 0 bridgehead atoms. The van der Waals surface area contributed by atoms with Crippen LogP contribution in [0.2, 0.25) is 0 Å². The Morgan fingerprint density at radius 1 is 1.13 bits per heavy atom. The summed E-state index contributed by atoms with van der Waals surface area (Å²) >= 11 is 7.35. The van der Waals surface area contributed by atoms with Gasteiger partial charge in [0.25, 0.3) is 0 Å². The number of benzene rings is 1. The monoisotopic (exact) mass is 472 g/mol. The predicted octanol–water partition coefficient (Wildman–Crippen LogP) is 7.68. The van der Waals surface area contributed by atoms with Gasteiger partial charge in [0, 0.05) is 10.7 Å². The molecule has 1 heterocycles. The van der Waals surface area contributed by atoms with Crippen LogP contribution in [-0.4, -0.2) is 25.1 Å². The Labute approximate surface area is 194 Å². The average molecular weight is 473 g/mol. The molecule has 2 rings (SSSR count). The van der Waals surface area contributed by atoms with Crippen LogP contribution in [0.3, 0.4) is 0 Å².